The van der Waals surface area contributed by atoms with Crippen molar-refractivity contribution < 1.29 is 0 Å². The zero-order chi connectivity index (χ0) is 17.7. The number of rotatable bonds is 9. The van der Waals surface area contributed by atoms with Gasteiger partial charge < -0.3 is 0 Å². The third-order valence-corrected chi connectivity index (χ3v) is 9.62. The molecule has 2 rings (SSSR count). The van der Waals surface area contributed by atoms with Gasteiger partial charge in [0.1, 0.15) is 0 Å². The first kappa shape index (κ1) is 19.4. The van der Waals surface area contributed by atoms with Gasteiger partial charge in [0.05, 0.1) is 17.6 Å². The Morgan fingerprint density at radius 3 is 1.96 bits per heavy atom. The zero-order valence-electron chi connectivity index (χ0n) is 16.3. The monoisotopic (exact) mass is 349 g/mol. The van der Waals surface area contributed by atoms with Crippen LogP contribution in [0.4, 0.5) is 0 Å². The molecule has 0 unspecified atom stereocenters. The first-order chi connectivity index (χ1) is 11.6. The predicted molar refractivity (Wildman–Crippen MR) is 108 cm³/mol. The van der Waals surface area contributed by atoms with Crippen molar-refractivity contribution in [3.8, 4) is 0 Å². The van der Waals surface area contributed by atoms with Crippen LogP contribution in [0.25, 0.3) is 10.9 Å². The molecule has 0 aliphatic rings. The molecule has 0 aliphatic heterocycles. The molecule has 0 radical (unpaired) electrons. The van der Waals surface area contributed by atoms with Crippen molar-refractivity contribution in [3.63, 3.8) is 0 Å². The van der Waals surface area contributed by atoms with Gasteiger partial charge in [0.2, 0.25) is 13.0 Å². The van der Waals surface area contributed by atoms with Gasteiger partial charge in [-0.2, -0.15) is 14.4 Å². The molecule has 1 aromatic carbocycles. The molecule has 0 N–H and O–H groups in total. The lowest BCUT2D eigenvalue weighted by atomic mass is 10.3. The van der Waals surface area contributed by atoms with Crippen molar-refractivity contribution in [1.82, 2.24) is 19.1 Å². The highest BCUT2D eigenvalue weighted by Crippen LogP contribution is 2.61. The minimum Gasteiger partial charge on any atom is -0.230 e. The van der Waals surface area contributed by atoms with Gasteiger partial charge in [-0.15, -0.1) is 0 Å². The van der Waals surface area contributed by atoms with Gasteiger partial charge in [-0.05, 0) is 46.2 Å². The molecule has 0 aliphatic carbocycles. The molecule has 2 aromatic rings. The third-order valence-electron chi connectivity index (χ3n) is 5.02. The average molecular weight is 349 g/mol. The number of nitrogens with zero attached hydrogens (tertiary/aromatic N) is 4. The molecular weight excluding hydrogens is 315 g/mol. The summed E-state index contributed by atoms with van der Waals surface area (Å²) < 4.78 is 7.65. The fourth-order valence-corrected chi connectivity index (χ4v) is 8.20. The molecule has 24 heavy (non-hydrogen) atoms. The molecule has 0 saturated heterocycles. The average Bonchev–Trinajstić information content (AvgIpc) is 2.95. The standard InChI is InChI=1S/C19H34N4P/c1-7-16-23-19(17-14-12-13-15-18(17)20-23)24(6,21(8-2)9-3)22(10-4)11-5/h12-15H,7-11,16H2,1-6H3/q+1. The molecule has 1 aromatic heterocycles. The largest absolute Gasteiger partial charge is 0.230 e. The lowest BCUT2D eigenvalue weighted by Crippen LogP contribution is -2.43. The van der Waals surface area contributed by atoms with Crippen LogP contribution >= 0.6 is 7.56 Å². The fraction of sp³-hybridized carbons (Fsp3) is 0.632. The number of benzene rings is 1. The van der Waals surface area contributed by atoms with Crippen molar-refractivity contribution in [1.29, 1.82) is 0 Å². The molecule has 4 nitrogen and oxygen atoms in total. The summed E-state index contributed by atoms with van der Waals surface area (Å²) in [4.78, 5) is 0. The van der Waals surface area contributed by atoms with E-state index in [2.05, 4.69) is 79.6 Å². The number of aromatic nitrogens is 2. The van der Waals surface area contributed by atoms with E-state index in [1.165, 1.54) is 10.8 Å². The van der Waals surface area contributed by atoms with Crippen LogP contribution < -0.4 is 5.44 Å². The van der Waals surface area contributed by atoms with Crippen molar-refractivity contribution in [2.24, 2.45) is 0 Å². The second-order valence-corrected chi connectivity index (χ2v) is 9.64. The maximum atomic E-state index is 4.96. The molecule has 0 bridgehead atoms. The molecule has 5 heteroatoms. The van der Waals surface area contributed by atoms with Crippen molar-refractivity contribution in [3.05, 3.63) is 24.3 Å². The van der Waals surface area contributed by atoms with E-state index in [9.17, 15) is 0 Å². The van der Waals surface area contributed by atoms with E-state index in [-0.39, 0.29) is 0 Å². The van der Waals surface area contributed by atoms with Crippen LogP contribution in [0.5, 0.6) is 0 Å². The molecule has 0 saturated carbocycles. The minimum absolute atomic E-state index is 0.988. The van der Waals surface area contributed by atoms with Crippen LogP contribution in [0.2, 0.25) is 0 Å². The van der Waals surface area contributed by atoms with Gasteiger partial charge in [0, 0.05) is 32.7 Å². The van der Waals surface area contributed by atoms with E-state index in [1.807, 2.05) is 0 Å². The van der Waals surface area contributed by atoms with E-state index in [0.29, 0.717) is 0 Å². The highest BCUT2D eigenvalue weighted by molar-refractivity contribution is 7.78. The molecule has 0 atom stereocenters. The Balaban J connectivity index is 2.77. The first-order valence-electron chi connectivity index (χ1n) is 9.41. The molecule has 0 fully saturated rings. The Hall–Kier alpha value is -0.960. The summed E-state index contributed by atoms with van der Waals surface area (Å²) in [5, 5.41) is 6.30. The van der Waals surface area contributed by atoms with Crippen LogP contribution in [-0.4, -0.2) is 52.0 Å². The van der Waals surface area contributed by atoms with Gasteiger partial charge in [-0.3, -0.25) is 0 Å². The summed E-state index contributed by atoms with van der Waals surface area (Å²) in [5.41, 5.74) is 2.58. The van der Waals surface area contributed by atoms with Crippen LogP contribution in [0.1, 0.15) is 41.0 Å². The second kappa shape index (κ2) is 8.42. The summed E-state index contributed by atoms with van der Waals surface area (Å²) in [6, 6.07) is 8.66. The first-order valence-corrected chi connectivity index (χ1v) is 11.6. The highest BCUT2D eigenvalue weighted by Gasteiger charge is 2.50. The quantitative estimate of drug-likeness (QED) is 0.633. The third kappa shape index (κ3) is 3.24. The van der Waals surface area contributed by atoms with Gasteiger partial charge in [-0.25, -0.2) is 4.68 Å². The number of aryl methyl sites for hydroxylation is 1. The van der Waals surface area contributed by atoms with Crippen molar-refractivity contribution >= 4 is 23.9 Å². The highest BCUT2D eigenvalue weighted by atomic mass is 31.2. The minimum atomic E-state index is -1.64. The van der Waals surface area contributed by atoms with E-state index >= 15 is 0 Å². The lowest BCUT2D eigenvalue weighted by molar-refractivity contribution is 0.414. The summed E-state index contributed by atoms with van der Waals surface area (Å²) in [7, 11) is -1.64. The van der Waals surface area contributed by atoms with Gasteiger partial charge in [-0.1, -0.05) is 19.1 Å². The Morgan fingerprint density at radius 1 is 0.917 bits per heavy atom. The molecule has 1 heterocycles. The second-order valence-electron chi connectivity index (χ2n) is 6.25. The van der Waals surface area contributed by atoms with Crippen LogP contribution in [0.3, 0.4) is 0 Å². The molecule has 0 amide bonds. The summed E-state index contributed by atoms with van der Waals surface area (Å²) in [5.74, 6) is 0. The summed E-state index contributed by atoms with van der Waals surface area (Å²) in [6.07, 6.45) is 1.11. The zero-order valence-corrected chi connectivity index (χ0v) is 17.2. The maximum Gasteiger partial charge on any atom is 0.224 e. The predicted octanol–water partition coefficient (Wildman–Crippen LogP) is 4.23. The van der Waals surface area contributed by atoms with E-state index in [4.69, 9.17) is 5.10 Å². The summed E-state index contributed by atoms with van der Waals surface area (Å²) >= 11 is 0. The Kier molecular flexibility index (Phi) is 6.79. The number of hydrogen-bond acceptors (Lipinski definition) is 3. The molecule has 0 spiro atoms. The smallest absolute Gasteiger partial charge is 0.224 e. The van der Waals surface area contributed by atoms with Gasteiger partial charge >= 0.3 is 0 Å². The topological polar surface area (TPSA) is 24.3 Å². The maximum absolute atomic E-state index is 4.96. The number of hydrogen-bond donors (Lipinski definition) is 0. The van der Waals surface area contributed by atoms with Crippen molar-refractivity contribution in [2.75, 3.05) is 32.8 Å². The van der Waals surface area contributed by atoms with E-state index in [1.54, 1.807) is 0 Å². The van der Waals surface area contributed by atoms with Gasteiger partial charge in [0.25, 0.3) is 0 Å². The molecular formula is C19H34N4P+. The van der Waals surface area contributed by atoms with Gasteiger partial charge in [0.15, 0.2) is 0 Å². The Morgan fingerprint density at radius 2 is 1.46 bits per heavy atom. The molecule has 134 valence electrons. The summed E-state index contributed by atoms with van der Waals surface area (Å²) in [6.45, 7) is 19.1. The number of fused-ring (bicyclic) bond motifs is 1. The van der Waals surface area contributed by atoms with E-state index < -0.39 is 7.56 Å². The van der Waals surface area contributed by atoms with Crippen LogP contribution in [0, 0.1) is 0 Å². The van der Waals surface area contributed by atoms with Crippen LogP contribution in [-0.2, 0) is 6.54 Å². The Labute approximate surface area is 148 Å². The fourth-order valence-electron chi connectivity index (χ4n) is 3.88. The van der Waals surface area contributed by atoms with Crippen molar-refractivity contribution in [2.45, 2.75) is 47.6 Å². The SMILES string of the molecule is CCCn1nc2ccccc2c1[P+](C)(N(CC)CC)N(CC)CC. The van der Waals surface area contributed by atoms with E-state index in [0.717, 1.165) is 44.7 Å². The Bertz CT molecular complexity index is 632. The van der Waals surface area contributed by atoms with Crippen LogP contribution in [0.15, 0.2) is 24.3 Å². The normalized spacial score (nSPS) is 12.7. The lowest BCUT2D eigenvalue weighted by Gasteiger charge is -2.39.